The Bertz CT molecular complexity index is 521. The highest BCUT2D eigenvalue weighted by Gasteiger charge is 2.52. The SMILES string of the molecule is CC(=O)[N+]1(c2ccccc2)C(=O)SC(C)=C1C. The van der Waals surface area contributed by atoms with E-state index in [1.807, 2.05) is 44.2 Å². The summed E-state index contributed by atoms with van der Waals surface area (Å²) in [6.07, 6.45) is 0. The molecule has 1 atom stereocenters. The molecule has 0 aliphatic carbocycles. The number of rotatable bonds is 1. The molecule has 0 N–H and O–H groups in total. The first-order chi connectivity index (χ1) is 8.01. The molecule has 0 saturated carbocycles. The molecule has 0 aromatic heterocycles. The predicted octanol–water partition coefficient (Wildman–Crippen LogP) is 3.66. The predicted molar refractivity (Wildman–Crippen MR) is 70.3 cm³/mol. The topological polar surface area (TPSA) is 34.1 Å². The summed E-state index contributed by atoms with van der Waals surface area (Å²) in [5.74, 6) is -0.164. The normalized spacial score (nSPS) is 24.3. The van der Waals surface area contributed by atoms with E-state index in [4.69, 9.17) is 0 Å². The molecule has 1 heterocycles. The van der Waals surface area contributed by atoms with Crippen LogP contribution >= 0.6 is 11.8 Å². The molecule has 0 bridgehead atoms. The van der Waals surface area contributed by atoms with Gasteiger partial charge in [0.15, 0.2) is 5.69 Å². The van der Waals surface area contributed by atoms with E-state index in [0.717, 1.165) is 22.4 Å². The minimum Gasteiger partial charge on any atom is -0.230 e. The van der Waals surface area contributed by atoms with Gasteiger partial charge in [-0.15, -0.1) is 4.48 Å². The fourth-order valence-electron chi connectivity index (χ4n) is 2.14. The summed E-state index contributed by atoms with van der Waals surface area (Å²) in [5.41, 5.74) is 1.52. The Kier molecular flexibility index (Phi) is 2.93. The molecule has 0 radical (unpaired) electrons. The zero-order chi connectivity index (χ0) is 12.6. The minimum atomic E-state index is -0.280. The molecule has 1 aromatic rings. The van der Waals surface area contributed by atoms with Crippen LogP contribution in [0.2, 0.25) is 0 Å². The van der Waals surface area contributed by atoms with Gasteiger partial charge in [0.1, 0.15) is 5.70 Å². The molecule has 4 heteroatoms. The van der Waals surface area contributed by atoms with Gasteiger partial charge in [0.25, 0.3) is 0 Å². The van der Waals surface area contributed by atoms with E-state index in [-0.39, 0.29) is 15.6 Å². The van der Waals surface area contributed by atoms with Gasteiger partial charge in [-0.1, -0.05) is 18.2 Å². The summed E-state index contributed by atoms with van der Waals surface area (Å²) >= 11 is 1.15. The maximum Gasteiger partial charge on any atom is 0.397 e. The Morgan fingerprint density at radius 2 is 1.76 bits per heavy atom. The number of para-hydroxylation sites is 1. The van der Waals surface area contributed by atoms with Crippen LogP contribution in [-0.2, 0) is 4.79 Å². The number of thioether (sulfide) groups is 1. The quantitative estimate of drug-likeness (QED) is 0.711. The van der Waals surface area contributed by atoms with E-state index in [9.17, 15) is 9.59 Å². The molecule has 0 spiro atoms. The molecular formula is C13H14NO2S+. The molecule has 0 saturated heterocycles. The molecule has 1 unspecified atom stereocenters. The highest BCUT2D eigenvalue weighted by atomic mass is 32.2. The van der Waals surface area contributed by atoms with Crippen molar-refractivity contribution in [3.8, 4) is 0 Å². The average molecular weight is 248 g/mol. The summed E-state index contributed by atoms with van der Waals surface area (Å²) < 4.78 is -0.280. The summed E-state index contributed by atoms with van der Waals surface area (Å²) in [6, 6.07) is 9.21. The van der Waals surface area contributed by atoms with Crippen LogP contribution in [0.25, 0.3) is 0 Å². The number of hydrogen-bond acceptors (Lipinski definition) is 3. The van der Waals surface area contributed by atoms with Crippen LogP contribution in [0.5, 0.6) is 0 Å². The lowest BCUT2D eigenvalue weighted by Crippen LogP contribution is -2.51. The van der Waals surface area contributed by atoms with Gasteiger partial charge >= 0.3 is 11.1 Å². The number of imide groups is 1. The number of quaternary nitrogens is 1. The maximum absolute atomic E-state index is 12.2. The number of carbonyl (C=O) groups excluding carboxylic acids is 2. The van der Waals surface area contributed by atoms with E-state index < -0.39 is 0 Å². The molecule has 1 aliphatic heterocycles. The lowest BCUT2D eigenvalue weighted by molar-refractivity contribution is -0.123. The second-order valence-electron chi connectivity index (χ2n) is 4.03. The van der Waals surface area contributed by atoms with Gasteiger partial charge in [-0.05, 0) is 6.92 Å². The molecule has 17 heavy (non-hydrogen) atoms. The molecular weight excluding hydrogens is 234 g/mol. The third-order valence-electron chi connectivity index (χ3n) is 3.14. The largest absolute Gasteiger partial charge is 0.397 e. The van der Waals surface area contributed by atoms with Gasteiger partial charge in [-0.2, -0.15) is 0 Å². The standard InChI is InChI=1S/C13H14NO2S/c1-9-10(2)17-13(16)14(9,11(3)15)12-7-5-4-6-8-12/h4-8H,1-3H3/q+1. The number of allylic oxidation sites excluding steroid dienone is 2. The fourth-order valence-corrected chi connectivity index (χ4v) is 3.20. The van der Waals surface area contributed by atoms with Crippen LogP contribution in [-0.4, -0.2) is 11.1 Å². The van der Waals surface area contributed by atoms with Crippen LogP contribution < -0.4 is 4.48 Å². The average Bonchev–Trinajstić information content (AvgIpc) is 2.52. The summed E-state index contributed by atoms with van der Waals surface area (Å²) in [4.78, 5) is 25.2. The molecule has 1 aromatic carbocycles. The zero-order valence-electron chi connectivity index (χ0n) is 10.1. The Morgan fingerprint density at radius 3 is 2.18 bits per heavy atom. The van der Waals surface area contributed by atoms with Gasteiger partial charge in [0.05, 0.1) is 11.8 Å². The molecule has 2 amide bonds. The second-order valence-corrected chi connectivity index (χ2v) is 5.20. The molecule has 0 fully saturated rings. The fraction of sp³-hybridized carbons (Fsp3) is 0.231. The van der Waals surface area contributed by atoms with Crippen LogP contribution in [0.1, 0.15) is 20.8 Å². The van der Waals surface area contributed by atoms with Crippen molar-refractivity contribution in [3.05, 3.63) is 40.9 Å². The van der Waals surface area contributed by atoms with E-state index >= 15 is 0 Å². The minimum absolute atomic E-state index is 0.140. The van der Waals surface area contributed by atoms with Crippen molar-refractivity contribution in [2.45, 2.75) is 20.8 Å². The lowest BCUT2D eigenvalue weighted by atomic mass is 10.2. The first-order valence-corrected chi connectivity index (χ1v) is 6.19. The maximum atomic E-state index is 12.2. The van der Waals surface area contributed by atoms with Crippen LogP contribution in [0.15, 0.2) is 40.9 Å². The van der Waals surface area contributed by atoms with Crippen molar-refractivity contribution in [2.24, 2.45) is 0 Å². The van der Waals surface area contributed by atoms with Crippen LogP contribution in [0.3, 0.4) is 0 Å². The van der Waals surface area contributed by atoms with E-state index in [0.29, 0.717) is 5.69 Å². The highest BCUT2D eigenvalue weighted by molar-refractivity contribution is 8.17. The molecule has 88 valence electrons. The first-order valence-electron chi connectivity index (χ1n) is 5.37. The second kappa shape index (κ2) is 4.13. The number of carbonyl (C=O) groups is 2. The van der Waals surface area contributed by atoms with Crippen molar-refractivity contribution >= 4 is 28.6 Å². The number of hydrogen-bond donors (Lipinski definition) is 0. The van der Waals surface area contributed by atoms with Crippen molar-refractivity contribution in [1.29, 1.82) is 0 Å². The third-order valence-corrected chi connectivity index (χ3v) is 4.19. The monoisotopic (exact) mass is 248 g/mol. The van der Waals surface area contributed by atoms with Gasteiger partial charge < -0.3 is 0 Å². The first kappa shape index (κ1) is 12.1. The smallest absolute Gasteiger partial charge is 0.230 e. The Balaban J connectivity index is 2.72. The van der Waals surface area contributed by atoms with Gasteiger partial charge in [0.2, 0.25) is 0 Å². The number of amides is 2. The van der Waals surface area contributed by atoms with Crippen molar-refractivity contribution < 1.29 is 9.59 Å². The Morgan fingerprint density at radius 1 is 1.18 bits per heavy atom. The van der Waals surface area contributed by atoms with Crippen molar-refractivity contribution in [2.75, 3.05) is 0 Å². The van der Waals surface area contributed by atoms with Crippen LogP contribution in [0, 0.1) is 0 Å². The van der Waals surface area contributed by atoms with Gasteiger partial charge in [-0.25, -0.2) is 9.59 Å². The van der Waals surface area contributed by atoms with Crippen molar-refractivity contribution in [3.63, 3.8) is 0 Å². The number of benzene rings is 1. The van der Waals surface area contributed by atoms with E-state index in [1.165, 1.54) is 6.92 Å². The molecule has 3 nitrogen and oxygen atoms in total. The zero-order valence-corrected chi connectivity index (χ0v) is 10.9. The van der Waals surface area contributed by atoms with Crippen LogP contribution in [0.4, 0.5) is 10.5 Å². The van der Waals surface area contributed by atoms with Crippen molar-refractivity contribution in [1.82, 2.24) is 4.48 Å². The summed E-state index contributed by atoms with van der Waals surface area (Å²) in [7, 11) is 0. The van der Waals surface area contributed by atoms with Gasteiger partial charge in [-0.3, -0.25) is 0 Å². The van der Waals surface area contributed by atoms with E-state index in [2.05, 4.69) is 0 Å². The number of nitrogens with zero attached hydrogens (tertiary/aromatic N) is 1. The molecule has 2 rings (SSSR count). The summed E-state index contributed by atoms with van der Waals surface area (Å²) in [6.45, 7) is 5.19. The summed E-state index contributed by atoms with van der Waals surface area (Å²) in [5, 5.41) is -0.140. The van der Waals surface area contributed by atoms with E-state index in [1.54, 1.807) is 0 Å². The third kappa shape index (κ3) is 1.56. The lowest BCUT2D eigenvalue weighted by Gasteiger charge is -2.27. The molecule has 1 aliphatic rings. The Hall–Kier alpha value is -1.39. The Labute approximate surface area is 105 Å². The van der Waals surface area contributed by atoms with Gasteiger partial charge in [0, 0.05) is 30.8 Å². The highest BCUT2D eigenvalue weighted by Crippen LogP contribution is 2.44.